The van der Waals surface area contributed by atoms with E-state index in [1.54, 1.807) is 23.1 Å². The summed E-state index contributed by atoms with van der Waals surface area (Å²) in [7, 11) is 0. The number of hydrogen-bond acceptors (Lipinski definition) is 3. The van der Waals surface area contributed by atoms with Crippen LogP contribution in [-0.2, 0) is 6.54 Å². The number of benzene rings is 3. The minimum absolute atomic E-state index is 0.260. The van der Waals surface area contributed by atoms with Gasteiger partial charge in [-0.05, 0) is 48.4 Å². The minimum Gasteiger partial charge on any atom is -0.279 e. The van der Waals surface area contributed by atoms with Crippen LogP contribution in [0.4, 0.5) is 5.13 Å². The molecule has 0 aliphatic heterocycles. The number of fused-ring (bicyclic) bond motifs is 1. The molecule has 0 saturated heterocycles. The van der Waals surface area contributed by atoms with Crippen molar-refractivity contribution in [1.82, 2.24) is 4.98 Å². The molecule has 3 aromatic carbocycles. The van der Waals surface area contributed by atoms with Gasteiger partial charge in [0.05, 0.1) is 27.3 Å². The number of carbonyl (C=O) groups is 1. The summed E-state index contributed by atoms with van der Waals surface area (Å²) >= 11 is 20.1. The molecule has 4 aromatic rings. The second-order valence-corrected chi connectivity index (χ2v) is 8.78. The molecule has 3 nitrogen and oxygen atoms in total. The first-order chi connectivity index (χ1) is 13.9. The fourth-order valence-electron chi connectivity index (χ4n) is 3.00. The Morgan fingerprint density at radius 3 is 2.48 bits per heavy atom. The number of carbonyl (C=O) groups excluding carboxylic acids is 1. The molecular weight excluding hydrogens is 447 g/mol. The fourth-order valence-corrected chi connectivity index (χ4v) is 4.55. The van der Waals surface area contributed by atoms with Crippen LogP contribution < -0.4 is 4.90 Å². The van der Waals surface area contributed by atoms with Gasteiger partial charge in [-0.2, -0.15) is 0 Å². The van der Waals surface area contributed by atoms with Gasteiger partial charge in [0.15, 0.2) is 5.13 Å². The van der Waals surface area contributed by atoms with Gasteiger partial charge in [-0.25, -0.2) is 4.98 Å². The zero-order chi connectivity index (χ0) is 20.5. The molecule has 0 aliphatic carbocycles. The third-order valence-corrected chi connectivity index (χ3v) is 6.57. The van der Waals surface area contributed by atoms with Crippen LogP contribution in [0, 0.1) is 6.92 Å². The number of rotatable bonds is 4. The number of anilines is 1. The van der Waals surface area contributed by atoms with Crippen molar-refractivity contribution in [2.24, 2.45) is 0 Å². The molecule has 7 heteroatoms. The van der Waals surface area contributed by atoms with Gasteiger partial charge in [0.25, 0.3) is 5.91 Å². The van der Waals surface area contributed by atoms with Gasteiger partial charge in [-0.15, -0.1) is 0 Å². The maximum atomic E-state index is 13.5. The average molecular weight is 462 g/mol. The smallest absolute Gasteiger partial charge is 0.261 e. The quantitative estimate of drug-likeness (QED) is 0.317. The average Bonchev–Trinajstić information content (AvgIpc) is 3.16. The van der Waals surface area contributed by atoms with E-state index in [-0.39, 0.29) is 5.91 Å². The first-order valence-electron chi connectivity index (χ1n) is 8.80. The number of halogens is 3. The summed E-state index contributed by atoms with van der Waals surface area (Å²) in [4.78, 5) is 19.8. The number of hydrogen-bond donors (Lipinski definition) is 0. The Kier molecular flexibility index (Phi) is 5.79. The molecule has 0 spiro atoms. The summed E-state index contributed by atoms with van der Waals surface area (Å²) in [6.07, 6.45) is 0. The number of nitrogens with zero attached hydrogens (tertiary/aromatic N) is 2. The van der Waals surface area contributed by atoms with E-state index in [0.717, 1.165) is 21.3 Å². The van der Waals surface area contributed by atoms with Crippen molar-refractivity contribution in [3.8, 4) is 0 Å². The van der Waals surface area contributed by atoms with Crippen molar-refractivity contribution in [1.29, 1.82) is 0 Å². The zero-order valence-corrected chi connectivity index (χ0v) is 18.4. The Morgan fingerprint density at radius 1 is 1.00 bits per heavy atom. The Bertz CT molecular complexity index is 1210. The van der Waals surface area contributed by atoms with Crippen LogP contribution in [0.5, 0.6) is 0 Å². The molecule has 1 heterocycles. The third-order valence-electron chi connectivity index (χ3n) is 4.55. The molecule has 0 atom stereocenters. The summed E-state index contributed by atoms with van der Waals surface area (Å²) in [5.41, 5.74) is 3.00. The highest BCUT2D eigenvalue weighted by molar-refractivity contribution is 7.22. The summed E-state index contributed by atoms with van der Waals surface area (Å²) in [5.74, 6) is -0.260. The van der Waals surface area contributed by atoms with Crippen LogP contribution in [-0.4, -0.2) is 10.9 Å². The van der Waals surface area contributed by atoms with Crippen molar-refractivity contribution >= 4 is 67.4 Å². The topological polar surface area (TPSA) is 33.2 Å². The third kappa shape index (κ3) is 4.12. The van der Waals surface area contributed by atoms with Gasteiger partial charge in [0.2, 0.25) is 0 Å². The normalized spacial score (nSPS) is 11.0. The second-order valence-electron chi connectivity index (χ2n) is 6.52. The molecule has 0 saturated carbocycles. The lowest BCUT2D eigenvalue weighted by molar-refractivity contribution is 0.0985. The first kappa shape index (κ1) is 20.2. The molecule has 0 N–H and O–H groups in total. The number of aryl methyl sites for hydroxylation is 1. The SMILES string of the molecule is Cc1c(Cl)ccc2sc(N(Cc3ccccc3)C(=O)c3cc(Cl)ccc3Cl)nc12. The summed E-state index contributed by atoms with van der Waals surface area (Å²) in [5, 5.41) is 2.02. The van der Waals surface area contributed by atoms with Gasteiger partial charge in [-0.3, -0.25) is 9.69 Å². The molecule has 0 unspecified atom stereocenters. The molecule has 0 fully saturated rings. The molecule has 1 amide bonds. The lowest BCUT2D eigenvalue weighted by Gasteiger charge is -2.21. The van der Waals surface area contributed by atoms with Crippen LogP contribution in [0.25, 0.3) is 10.2 Å². The number of amides is 1. The Balaban J connectivity index is 1.83. The van der Waals surface area contributed by atoms with Crippen molar-refractivity contribution in [2.75, 3.05) is 4.90 Å². The van der Waals surface area contributed by atoms with Crippen molar-refractivity contribution in [3.05, 3.63) is 92.4 Å². The summed E-state index contributed by atoms with van der Waals surface area (Å²) < 4.78 is 0.963. The summed E-state index contributed by atoms with van der Waals surface area (Å²) in [6, 6.07) is 18.4. The zero-order valence-electron chi connectivity index (χ0n) is 15.3. The minimum atomic E-state index is -0.260. The van der Waals surface area contributed by atoms with Crippen molar-refractivity contribution in [2.45, 2.75) is 13.5 Å². The Labute approximate surface area is 187 Å². The van der Waals surface area contributed by atoms with E-state index in [4.69, 9.17) is 39.8 Å². The predicted octanol–water partition coefficient (Wildman–Crippen LogP) is 7.41. The van der Waals surface area contributed by atoms with Crippen molar-refractivity contribution < 1.29 is 4.79 Å². The van der Waals surface area contributed by atoms with Crippen LogP contribution in [0.3, 0.4) is 0 Å². The van der Waals surface area contributed by atoms with E-state index >= 15 is 0 Å². The van der Waals surface area contributed by atoms with Crippen molar-refractivity contribution in [3.63, 3.8) is 0 Å². The second kappa shape index (κ2) is 8.33. The van der Waals surface area contributed by atoms with Crippen LogP contribution >= 0.6 is 46.1 Å². The molecule has 0 bridgehead atoms. The molecule has 0 aliphatic rings. The first-order valence-corrected chi connectivity index (χ1v) is 10.8. The Morgan fingerprint density at radius 2 is 1.72 bits per heavy atom. The predicted molar refractivity (Wildman–Crippen MR) is 123 cm³/mol. The van der Waals surface area contributed by atoms with Crippen LogP contribution in [0.1, 0.15) is 21.5 Å². The lowest BCUT2D eigenvalue weighted by Crippen LogP contribution is -2.30. The van der Waals surface area contributed by atoms with Gasteiger partial charge in [0.1, 0.15) is 0 Å². The van der Waals surface area contributed by atoms with Gasteiger partial charge in [0, 0.05) is 10.0 Å². The molecule has 1 aromatic heterocycles. The largest absolute Gasteiger partial charge is 0.279 e. The van der Waals surface area contributed by atoms with E-state index in [0.29, 0.717) is 32.3 Å². The molecule has 0 radical (unpaired) electrons. The highest BCUT2D eigenvalue weighted by atomic mass is 35.5. The highest BCUT2D eigenvalue weighted by Gasteiger charge is 2.24. The van der Waals surface area contributed by atoms with E-state index in [1.807, 2.05) is 49.4 Å². The van der Waals surface area contributed by atoms with Gasteiger partial charge < -0.3 is 0 Å². The number of thiazole rings is 1. The van der Waals surface area contributed by atoms with Crippen LogP contribution in [0.15, 0.2) is 60.7 Å². The Hall–Kier alpha value is -2.11. The molecule has 29 heavy (non-hydrogen) atoms. The number of aromatic nitrogens is 1. The maximum absolute atomic E-state index is 13.5. The molecular formula is C22H15Cl3N2OS. The maximum Gasteiger partial charge on any atom is 0.261 e. The fraction of sp³-hybridized carbons (Fsp3) is 0.0909. The van der Waals surface area contributed by atoms with E-state index < -0.39 is 0 Å². The standard InChI is InChI=1S/C22H15Cl3N2OS/c1-13-17(24)9-10-19-20(13)26-22(29-19)27(12-14-5-3-2-4-6-14)21(28)16-11-15(23)7-8-18(16)25/h2-11H,12H2,1H3. The highest BCUT2D eigenvalue weighted by Crippen LogP contribution is 2.35. The van der Waals surface area contributed by atoms with Crippen LogP contribution in [0.2, 0.25) is 15.1 Å². The lowest BCUT2D eigenvalue weighted by atomic mass is 10.1. The van der Waals surface area contributed by atoms with E-state index in [1.165, 1.54) is 11.3 Å². The van der Waals surface area contributed by atoms with E-state index in [9.17, 15) is 4.79 Å². The monoisotopic (exact) mass is 460 g/mol. The molecule has 4 rings (SSSR count). The summed E-state index contributed by atoms with van der Waals surface area (Å²) in [6.45, 7) is 2.28. The molecule has 146 valence electrons. The van der Waals surface area contributed by atoms with E-state index in [2.05, 4.69) is 0 Å². The van der Waals surface area contributed by atoms with Gasteiger partial charge >= 0.3 is 0 Å². The van der Waals surface area contributed by atoms with Gasteiger partial charge in [-0.1, -0.05) is 76.5 Å².